The Bertz CT molecular complexity index is 1090. The molecule has 2 heterocycles. The van der Waals surface area contributed by atoms with E-state index < -0.39 is 34.8 Å². The molecule has 138 valence electrons. The smallest absolute Gasteiger partial charge is 0.358 e. The minimum atomic E-state index is -1.58. The maximum Gasteiger partial charge on any atom is 0.358 e. The van der Waals surface area contributed by atoms with Gasteiger partial charge in [0.25, 0.3) is 5.56 Å². The van der Waals surface area contributed by atoms with E-state index in [2.05, 4.69) is 20.6 Å². The number of aromatic amines is 1. The molecule has 0 bridgehead atoms. The van der Waals surface area contributed by atoms with Crippen LogP contribution < -0.4 is 16.2 Å². The molecule has 0 spiro atoms. The number of hydrogen-bond donors (Lipinski definition) is 5. The van der Waals surface area contributed by atoms with Crippen LogP contribution in [-0.4, -0.2) is 32.2 Å². The maximum absolute atomic E-state index is 13.6. The van der Waals surface area contributed by atoms with Crippen molar-refractivity contribution in [2.24, 2.45) is 0 Å². The zero-order valence-electron chi connectivity index (χ0n) is 13.3. The van der Waals surface area contributed by atoms with Crippen molar-refractivity contribution in [3.8, 4) is 17.1 Å². The predicted molar refractivity (Wildman–Crippen MR) is 95.8 cm³/mol. The van der Waals surface area contributed by atoms with E-state index in [1.807, 2.05) is 0 Å². The number of carbonyl (C=O) groups excluding carboxylic acids is 1. The van der Waals surface area contributed by atoms with Crippen LogP contribution in [0.15, 0.2) is 39.8 Å². The van der Waals surface area contributed by atoms with E-state index in [1.165, 1.54) is 29.0 Å². The molecule has 0 atom stereocenters. The number of nitrogens with one attached hydrogen (secondary N) is 3. The number of anilines is 2. The summed E-state index contributed by atoms with van der Waals surface area (Å²) >= 11 is 1.15. The summed E-state index contributed by atoms with van der Waals surface area (Å²) in [5.41, 5.74) is -1.45. The molecule has 2 aromatic heterocycles. The zero-order valence-corrected chi connectivity index (χ0v) is 14.1. The Morgan fingerprint density at radius 1 is 1.15 bits per heavy atom. The van der Waals surface area contributed by atoms with Crippen LogP contribution in [0.4, 0.5) is 20.6 Å². The molecule has 11 heteroatoms. The molecule has 0 unspecified atom stereocenters. The first-order valence-corrected chi connectivity index (χ1v) is 8.26. The Balaban J connectivity index is 1.89. The van der Waals surface area contributed by atoms with Gasteiger partial charge >= 0.3 is 12.0 Å². The number of carboxylic acid groups (broad SMARTS) is 1. The van der Waals surface area contributed by atoms with Crippen molar-refractivity contribution in [1.29, 1.82) is 0 Å². The highest BCUT2D eigenvalue weighted by Gasteiger charge is 2.20. The normalized spacial score (nSPS) is 10.4. The number of thiophene rings is 1. The van der Waals surface area contributed by atoms with Crippen LogP contribution in [0.1, 0.15) is 10.5 Å². The van der Waals surface area contributed by atoms with Crippen molar-refractivity contribution in [3.05, 3.63) is 56.9 Å². The summed E-state index contributed by atoms with van der Waals surface area (Å²) in [4.78, 5) is 40.9. The highest BCUT2D eigenvalue weighted by molar-refractivity contribution is 7.08. The molecule has 0 radical (unpaired) electrons. The zero-order chi connectivity index (χ0) is 19.6. The number of benzene rings is 1. The number of rotatable bonds is 4. The van der Waals surface area contributed by atoms with Crippen molar-refractivity contribution in [1.82, 2.24) is 9.97 Å². The van der Waals surface area contributed by atoms with Crippen LogP contribution in [0.5, 0.6) is 5.75 Å². The summed E-state index contributed by atoms with van der Waals surface area (Å²) in [5.74, 6) is -3.37. The Hall–Kier alpha value is -3.73. The van der Waals surface area contributed by atoms with Gasteiger partial charge in [0.1, 0.15) is 11.6 Å². The van der Waals surface area contributed by atoms with Gasteiger partial charge in [-0.25, -0.2) is 19.0 Å². The highest BCUT2D eigenvalue weighted by atomic mass is 32.1. The standard InChI is InChI=1S/C16H11FN4O5S/c17-8-3-1-2-4-9(8)18-16(26)19-10-6-27-5-7(10)13-20-11(15(24)25)12(22)14(23)21-13/h1-6,22H,(H,24,25)(H2,18,19,26)(H,20,21,23). The molecule has 0 saturated heterocycles. The number of aromatic nitrogens is 2. The van der Waals surface area contributed by atoms with Crippen LogP contribution in [0, 0.1) is 5.82 Å². The van der Waals surface area contributed by atoms with Crippen molar-refractivity contribution in [2.45, 2.75) is 0 Å². The Kier molecular flexibility index (Phi) is 4.86. The van der Waals surface area contributed by atoms with Gasteiger partial charge in [-0.2, -0.15) is 0 Å². The first kappa shape index (κ1) is 18.1. The third kappa shape index (κ3) is 3.77. The fourth-order valence-corrected chi connectivity index (χ4v) is 2.92. The SMILES string of the molecule is O=C(Nc1ccccc1F)Nc1cscc1-c1nc(C(=O)O)c(O)c(=O)[nH]1. The summed E-state index contributed by atoms with van der Waals surface area (Å²) in [6, 6.07) is 4.83. The number of carboxylic acids is 1. The van der Waals surface area contributed by atoms with E-state index in [9.17, 15) is 23.9 Å². The molecule has 27 heavy (non-hydrogen) atoms. The molecule has 1 aromatic carbocycles. The number of H-pyrrole nitrogens is 1. The maximum atomic E-state index is 13.6. The fourth-order valence-electron chi connectivity index (χ4n) is 2.16. The van der Waals surface area contributed by atoms with Gasteiger partial charge in [0.05, 0.1) is 16.9 Å². The first-order chi connectivity index (χ1) is 12.9. The van der Waals surface area contributed by atoms with E-state index >= 15 is 0 Å². The third-order valence-corrected chi connectivity index (χ3v) is 4.13. The largest absolute Gasteiger partial charge is 0.501 e. The first-order valence-electron chi connectivity index (χ1n) is 7.32. The van der Waals surface area contributed by atoms with Gasteiger partial charge in [0, 0.05) is 10.8 Å². The number of amides is 2. The van der Waals surface area contributed by atoms with Gasteiger partial charge in [-0.1, -0.05) is 12.1 Å². The Morgan fingerprint density at radius 3 is 2.56 bits per heavy atom. The Labute approximate surface area is 154 Å². The number of aromatic carboxylic acids is 1. The van der Waals surface area contributed by atoms with E-state index in [4.69, 9.17) is 5.11 Å². The van der Waals surface area contributed by atoms with Crippen LogP contribution in [-0.2, 0) is 0 Å². The van der Waals surface area contributed by atoms with Crippen molar-refractivity contribution >= 4 is 34.7 Å². The predicted octanol–water partition coefficient (Wildman–Crippen LogP) is 2.69. The lowest BCUT2D eigenvalue weighted by molar-refractivity contribution is 0.0686. The van der Waals surface area contributed by atoms with Crippen molar-refractivity contribution in [3.63, 3.8) is 0 Å². The fraction of sp³-hybridized carbons (Fsp3) is 0. The number of carbonyl (C=O) groups is 2. The molecule has 3 rings (SSSR count). The summed E-state index contributed by atoms with van der Waals surface area (Å²) in [6.07, 6.45) is 0. The van der Waals surface area contributed by atoms with E-state index in [0.29, 0.717) is 0 Å². The number of nitrogens with zero attached hydrogens (tertiary/aromatic N) is 1. The summed E-state index contributed by atoms with van der Waals surface area (Å²) in [5, 5.41) is 26.4. The molecule has 3 aromatic rings. The molecule has 0 saturated carbocycles. The van der Waals surface area contributed by atoms with Crippen LogP contribution in [0.2, 0.25) is 0 Å². The number of aromatic hydroxyl groups is 1. The average molecular weight is 390 g/mol. The van der Waals surface area contributed by atoms with Crippen LogP contribution >= 0.6 is 11.3 Å². The molecule has 0 fully saturated rings. The summed E-state index contributed by atoms with van der Waals surface area (Å²) in [6.45, 7) is 0. The monoisotopic (exact) mass is 390 g/mol. The quantitative estimate of drug-likeness (QED) is 0.463. The topological polar surface area (TPSA) is 144 Å². The number of hydrogen-bond acceptors (Lipinski definition) is 6. The van der Waals surface area contributed by atoms with Gasteiger partial charge in [0.15, 0.2) is 5.69 Å². The number of para-hydroxylation sites is 1. The van der Waals surface area contributed by atoms with Gasteiger partial charge < -0.3 is 25.8 Å². The van der Waals surface area contributed by atoms with Gasteiger partial charge in [-0.05, 0) is 12.1 Å². The molecular formula is C16H11FN4O5S. The second kappa shape index (κ2) is 7.25. The number of urea groups is 1. The van der Waals surface area contributed by atoms with E-state index in [1.54, 1.807) is 6.07 Å². The molecule has 0 aliphatic carbocycles. The average Bonchev–Trinajstić information content (AvgIpc) is 3.07. The third-order valence-electron chi connectivity index (χ3n) is 3.38. The molecular weight excluding hydrogens is 379 g/mol. The number of halogens is 1. The summed E-state index contributed by atoms with van der Waals surface area (Å²) in [7, 11) is 0. The molecule has 0 aliphatic rings. The summed E-state index contributed by atoms with van der Waals surface area (Å²) < 4.78 is 13.6. The second-order valence-corrected chi connectivity index (χ2v) is 5.92. The lowest BCUT2D eigenvalue weighted by Gasteiger charge is -2.09. The van der Waals surface area contributed by atoms with Crippen LogP contribution in [0.25, 0.3) is 11.4 Å². The van der Waals surface area contributed by atoms with Crippen molar-refractivity contribution < 1.29 is 24.2 Å². The lowest BCUT2D eigenvalue weighted by atomic mass is 10.2. The second-order valence-electron chi connectivity index (χ2n) is 5.18. The van der Waals surface area contributed by atoms with Gasteiger partial charge in [-0.3, -0.25) is 4.79 Å². The van der Waals surface area contributed by atoms with Gasteiger partial charge in [0.2, 0.25) is 5.75 Å². The van der Waals surface area contributed by atoms with Crippen molar-refractivity contribution in [2.75, 3.05) is 10.6 Å². The molecule has 0 aliphatic heterocycles. The minimum absolute atomic E-state index is 0.0314. The molecule has 9 nitrogen and oxygen atoms in total. The van der Waals surface area contributed by atoms with Crippen LogP contribution in [0.3, 0.4) is 0 Å². The Morgan fingerprint density at radius 2 is 1.85 bits per heavy atom. The highest BCUT2D eigenvalue weighted by Crippen LogP contribution is 2.30. The molecule has 5 N–H and O–H groups in total. The minimum Gasteiger partial charge on any atom is -0.501 e. The van der Waals surface area contributed by atoms with E-state index in [0.717, 1.165) is 11.3 Å². The van der Waals surface area contributed by atoms with Gasteiger partial charge in [-0.15, -0.1) is 11.3 Å². The molecule has 2 amide bonds. The lowest BCUT2D eigenvalue weighted by Crippen LogP contribution is -2.20. The van der Waals surface area contributed by atoms with E-state index in [-0.39, 0.29) is 22.8 Å².